The predicted octanol–water partition coefficient (Wildman–Crippen LogP) is 2.62. The Kier molecular flexibility index (Phi) is 2.94. The molecular formula is C15H21NO2. The Bertz CT molecular complexity index is 436. The van der Waals surface area contributed by atoms with Crippen LogP contribution in [0, 0.1) is 0 Å². The third kappa shape index (κ3) is 1.97. The zero-order chi connectivity index (χ0) is 12.6. The predicted molar refractivity (Wildman–Crippen MR) is 71.2 cm³/mol. The molecule has 0 unspecified atom stereocenters. The summed E-state index contributed by atoms with van der Waals surface area (Å²) in [6, 6.07) is 6.28. The molecule has 3 rings (SSSR count). The van der Waals surface area contributed by atoms with E-state index in [2.05, 4.69) is 12.1 Å². The molecule has 2 fully saturated rings. The fourth-order valence-electron chi connectivity index (χ4n) is 2.53. The zero-order valence-corrected chi connectivity index (χ0v) is 10.9. The van der Waals surface area contributed by atoms with E-state index >= 15 is 0 Å². The van der Waals surface area contributed by atoms with Crippen LogP contribution in [0.2, 0.25) is 0 Å². The van der Waals surface area contributed by atoms with E-state index in [0.717, 1.165) is 30.9 Å². The van der Waals surface area contributed by atoms with Crippen LogP contribution in [0.15, 0.2) is 18.2 Å². The highest BCUT2D eigenvalue weighted by Crippen LogP contribution is 2.49. The molecule has 0 atom stereocenters. The van der Waals surface area contributed by atoms with E-state index in [1.54, 1.807) is 7.11 Å². The van der Waals surface area contributed by atoms with Crippen molar-refractivity contribution in [2.45, 2.75) is 43.6 Å². The number of methoxy groups -OCH3 is 1. The van der Waals surface area contributed by atoms with Gasteiger partial charge in [-0.2, -0.15) is 0 Å². The van der Waals surface area contributed by atoms with E-state index in [4.69, 9.17) is 15.2 Å². The van der Waals surface area contributed by atoms with Crippen molar-refractivity contribution in [3.8, 4) is 11.5 Å². The smallest absolute Gasteiger partial charge is 0.161 e. The Hall–Kier alpha value is -1.22. The number of ether oxygens (including phenoxy) is 2. The van der Waals surface area contributed by atoms with Crippen molar-refractivity contribution in [1.29, 1.82) is 0 Å². The Morgan fingerprint density at radius 2 is 2.06 bits per heavy atom. The molecule has 98 valence electrons. The first-order valence-corrected chi connectivity index (χ1v) is 6.83. The van der Waals surface area contributed by atoms with Gasteiger partial charge in [0.05, 0.1) is 13.2 Å². The van der Waals surface area contributed by atoms with Crippen molar-refractivity contribution in [2.24, 2.45) is 5.73 Å². The van der Waals surface area contributed by atoms with Crippen molar-refractivity contribution >= 4 is 0 Å². The quantitative estimate of drug-likeness (QED) is 0.870. The minimum atomic E-state index is 0.212. The normalized spacial score (nSPS) is 21.2. The standard InChI is InChI=1S/C15H21NO2/c1-17-13-6-5-11(15(10-16)7-8-15)9-14(13)18-12-3-2-4-12/h5-6,9,12H,2-4,7-8,10,16H2,1H3. The van der Waals surface area contributed by atoms with Gasteiger partial charge in [0, 0.05) is 12.0 Å². The summed E-state index contributed by atoms with van der Waals surface area (Å²) in [7, 11) is 1.69. The molecular weight excluding hydrogens is 226 g/mol. The maximum atomic E-state index is 6.01. The number of nitrogens with two attached hydrogens (primary N) is 1. The average Bonchev–Trinajstić information content (AvgIpc) is 3.14. The Morgan fingerprint density at radius 3 is 2.56 bits per heavy atom. The highest BCUT2D eigenvalue weighted by molar-refractivity contribution is 5.47. The molecule has 2 aliphatic rings. The Balaban J connectivity index is 1.86. The lowest BCUT2D eigenvalue weighted by Gasteiger charge is -2.27. The average molecular weight is 247 g/mol. The van der Waals surface area contributed by atoms with Crippen LogP contribution >= 0.6 is 0 Å². The topological polar surface area (TPSA) is 44.5 Å². The second kappa shape index (κ2) is 4.47. The minimum Gasteiger partial charge on any atom is -0.493 e. The lowest BCUT2D eigenvalue weighted by Crippen LogP contribution is -2.25. The van der Waals surface area contributed by atoms with Gasteiger partial charge < -0.3 is 15.2 Å². The molecule has 2 aliphatic carbocycles. The van der Waals surface area contributed by atoms with Gasteiger partial charge in [-0.1, -0.05) is 6.07 Å². The number of hydrogen-bond donors (Lipinski definition) is 1. The highest BCUT2D eigenvalue weighted by Gasteiger charge is 2.43. The largest absolute Gasteiger partial charge is 0.493 e. The fraction of sp³-hybridized carbons (Fsp3) is 0.600. The molecule has 0 saturated heterocycles. The molecule has 0 bridgehead atoms. The van der Waals surface area contributed by atoms with Crippen molar-refractivity contribution in [3.63, 3.8) is 0 Å². The maximum Gasteiger partial charge on any atom is 0.161 e. The molecule has 0 spiro atoms. The SMILES string of the molecule is COc1ccc(C2(CN)CC2)cc1OC1CCC1. The van der Waals surface area contributed by atoms with Crippen LogP contribution in [-0.2, 0) is 5.41 Å². The minimum absolute atomic E-state index is 0.212. The summed E-state index contributed by atoms with van der Waals surface area (Å²) in [6.07, 6.45) is 6.36. The van der Waals surface area contributed by atoms with Crippen molar-refractivity contribution in [3.05, 3.63) is 23.8 Å². The van der Waals surface area contributed by atoms with E-state index in [1.165, 1.54) is 24.8 Å². The molecule has 3 heteroatoms. The van der Waals surface area contributed by atoms with E-state index in [9.17, 15) is 0 Å². The monoisotopic (exact) mass is 247 g/mol. The van der Waals surface area contributed by atoms with Crippen LogP contribution in [0.25, 0.3) is 0 Å². The molecule has 0 aliphatic heterocycles. The van der Waals surface area contributed by atoms with E-state index in [0.29, 0.717) is 6.10 Å². The number of rotatable bonds is 5. The summed E-state index contributed by atoms with van der Waals surface area (Å²) < 4.78 is 11.4. The summed E-state index contributed by atoms with van der Waals surface area (Å²) in [4.78, 5) is 0. The van der Waals surface area contributed by atoms with Crippen LogP contribution in [0.4, 0.5) is 0 Å². The van der Waals surface area contributed by atoms with Crippen LogP contribution in [-0.4, -0.2) is 19.8 Å². The molecule has 18 heavy (non-hydrogen) atoms. The first kappa shape index (κ1) is 11.8. The lowest BCUT2D eigenvalue weighted by atomic mass is 9.94. The van der Waals surface area contributed by atoms with E-state index in [1.807, 2.05) is 6.07 Å². The Labute approximate surface area is 108 Å². The summed E-state index contributed by atoms with van der Waals surface area (Å²) in [5, 5.41) is 0. The molecule has 2 saturated carbocycles. The second-order valence-corrected chi connectivity index (χ2v) is 5.52. The molecule has 2 N–H and O–H groups in total. The third-order valence-electron chi connectivity index (χ3n) is 4.37. The zero-order valence-electron chi connectivity index (χ0n) is 10.9. The number of hydrogen-bond acceptors (Lipinski definition) is 3. The first-order valence-electron chi connectivity index (χ1n) is 6.83. The summed E-state index contributed by atoms with van der Waals surface area (Å²) in [6.45, 7) is 0.724. The van der Waals surface area contributed by atoms with Gasteiger partial charge in [0.2, 0.25) is 0 Å². The van der Waals surface area contributed by atoms with Gasteiger partial charge in [-0.05, 0) is 49.8 Å². The van der Waals surface area contributed by atoms with Crippen LogP contribution in [0.3, 0.4) is 0 Å². The second-order valence-electron chi connectivity index (χ2n) is 5.52. The maximum absolute atomic E-state index is 6.01. The van der Waals surface area contributed by atoms with Crippen molar-refractivity contribution in [2.75, 3.05) is 13.7 Å². The molecule has 0 heterocycles. The summed E-state index contributed by atoms with van der Waals surface area (Å²) >= 11 is 0. The summed E-state index contributed by atoms with van der Waals surface area (Å²) in [5.41, 5.74) is 7.41. The number of benzene rings is 1. The van der Waals surface area contributed by atoms with Crippen LogP contribution < -0.4 is 15.2 Å². The van der Waals surface area contributed by atoms with E-state index < -0.39 is 0 Å². The summed E-state index contributed by atoms with van der Waals surface area (Å²) in [5.74, 6) is 1.72. The van der Waals surface area contributed by atoms with Gasteiger partial charge in [-0.3, -0.25) is 0 Å². The molecule has 3 nitrogen and oxygen atoms in total. The van der Waals surface area contributed by atoms with Crippen LogP contribution in [0.1, 0.15) is 37.7 Å². The van der Waals surface area contributed by atoms with Crippen LogP contribution in [0.5, 0.6) is 11.5 Å². The first-order chi connectivity index (χ1) is 8.77. The van der Waals surface area contributed by atoms with Gasteiger partial charge in [-0.15, -0.1) is 0 Å². The van der Waals surface area contributed by atoms with Gasteiger partial charge in [0.15, 0.2) is 11.5 Å². The molecule has 1 aromatic carbocycles. The van der Waals surface area contributed by atoms with Crippen molar-refractivity contribution < 1.29 is 9.47 Å². The van der Waals surface area contributed by atoms with Crippen molar-refractivity contribution in [1.82, 2.24) is 0 Å². The lowest BCUT2D eigenvalue weighted by molar-refractivity contribution is 0.116. The van der Waals surface area contributed by atoms with Gasteiger partial charge >= 0.3 is 0 Å². The molecule has 0 amide bonds. The highest BCUT2D eigenvalue weighted by atomic mass is 16.5. The van der Waals surface area contributed by atoms with Gasteiger partial charge in [0.1, 0.15) is 0 Å². The fourth-order valence-corrected chi connectivity index (χ4v) is 2.53. The van der Waals surface area contributed by atoms with Gasteiger partial charge in [-0.25, -0.2) is 0 Å². The molecule has 0 radical (unpaired) electrons. The van der Waals surface area contributed by atoms with E-state index in [-0.39, 0.29) is 5.41 Å². The third-order valence-corrected chi connectivity index (χ3v) is 4.37. The molecule has 0 aromatic heterocycles. The van der Waals surface area contributed by atoms with Gasteiger partial charge in [0.25, 0.3) is 0 Å². The Morgan fingerprint density at radius 1 is 1.28 bits per heavy atom. The molecule has 1 aromatic rings.